The van der Waals surface area contributed by atoms with E-state index in [0.29, 0.717) is 0 Å². The largest absolute Gasteiger partial charge is 0.368 e. The second-order valence-corrected chi connectivity index (χ2v) is 3.43. The quantitative estimate of drug-likeness (QED) is 0.580. The maximum atomic E-state index is 11.1. The number of hydrogen-bond donors (Lipinski definition) is 2. The van der Waals surface area contributed by atoms with Gasteiger partial charge in [-0.05, 0) is 11.6 Å². The van der Waals surface area contributed by atoms with Gasteiger partial charge in [0, 0.05) is 0 Å². The minimum Gasteiger partial charge on any atom is -0.368 e. The number of imide groups is 1. The first kappa shape index (κ1) is 10.6. The van der Waals surface area contributed by atoms with Gasteiger partial charge in [0.2, 0.25) is 29.0 Å². The number of anilines is 2. The van der Waals surface area contributed by atoms with Crippen LogP contribution in [0.4, 0.5) is 11.9 Å². The molecule has 0 spiro atoms. The maximum absolute atomic E-state index is 11.1. The van der Waals surface area contributed by atoms with Crippen LogP contribution in [-0.2, 0) is 9.59 Å². The maximum Gasteiger partial charge on any atom is 0.246 e. The van der Waals surface area contributed by atoms with Crippen LogP contribution >= 0.6 is 11.6 Å². The van der Waals surface area contributed by atoms with E-state index in [1.807, 2.05) is 0 Å². The highest BCUT2D eigenvalue weighted by molar-refractivity contribution is 6.28. The van der Waals surface area contributed by atoms with Crippen LogP contribution in [0.5, 0.6) is 0 Å². The normalized spacial score (nSPS) is 16.2. The van der Waals surface area contributed by atoms with Gasteiger partial charge in [-0.3, -0.25) is 14.9 Å². The predicted molar refractivity (Wildman–Crippen MR) is 54.6 cm³/mol. The monoisotopic (exact) mass is 242 g/mol. The van der Waals surface area contributed by atoms with Gasteiger partial charge < -0.3 is 10.6 Å². The molecule has 3 N–H and O–H groups in total. The van der Waals surface area contributed by atoms with E-state index in [1.165, 1.54) is 4.90 Å². The molecule has 0 saturated carbocycles. The van der Waals surface area contributed by atoms with Gasteiger partial charge >= 0.3 is 0 Å². The summed E-state index contributed by atoms with van der Waals surface area (Å²) in [7, 11) is 0. The molecular weight excluding hydrogens is 236 g/mol. The van der Waals surface area contributed by atoms with E-state index in [4.69, 9.17) is 17.3 Å². The first-order valence-corrected chi connectivity index (χ1v) is 4.67. The van der Waals surface area contributed by atoms with Crippen molar-refractivity contribution in [3.8, 4) is 0 Å². The fourth-order valence-electron chi connectivity index (χ4n) is 1.27. The Labute approximate surface area is 94.8 Å². The first-order valence-electron chi connectivity index (χ1n) is 4.29. The fraction of sp³-hybridized carbons (Fsp3) is 0.286. The Morgan fingerprint density at radius 2 is 1.81 bits per heavy atom. The number of nitrogen functional groups attached to an aromatic ring is 1. The summed E-state index contributed by atoms with van der Waals surface area (Å²) >= 11 is 5.59. The third-order valence-corrected chi connectivity index (χ3v) is 2.01. The number of nitrogens with two attached hydrogens (primary N) is 1. The van der Waals surface area contributed by atoms with Crippen molar-refractivity contribution in [1.29, 1.82) is 0 Å². The summed E-state index contributed by atoms with van der Waals surface area (Å²) in [6.45, 7) is -0.0446. The van der Waals surface area contributed by atoms with Crippen molar-refractivity contribution in [2.75, 3.05) is 23.7 Å². The molecule has 0 aromatic carbocycles. The molecule has 0 atom stereocenters. The second kappa shape index (κ2) is 3.89. The number of amides is 2. The zero-order valence-corrected chi connectivity index (χ0v) is 8.73. The van der Waals surface area contributed by atoms with Gasteiger partial charge in [0.25, 0.3) is 0 Å². The van der Waals surface area contributed by atoms with E-state index in [1.54, 1.807) is 0 Å². The Kier molecular flexibility index (Phi) is 2.57. The van der Waals surface area contributed by atoms with Crippen LogP contribution < -0.4 is 16.0 Å². The SMILES string of the molecule is Nc1nc(Cl)nc(N2CC(=O)NC(=O)C2)n1. The van der Waals surface area contributed by atoms with Crippen molar-refractivity contribution in [2.24, 2.45) is 0 Å². The van der Waals surface area contributed by atoms with Crippen molar-refractivity contribution in [1.82, 2.24) is 20.3 Å². The molecule has 1 aliphatic rings. The van der Waals surface area contributed by atoms with Crippen molar-refractivity contribution < 1.29 is 9.59 Å². The molecule has 0 bridgehead atoms. The molecule has 9 heteroatoms. The van der Waals surface area contributed by atoms with Gasteiger partial charge in [0.1, 0.15) is 13.1 Å². The number of piperazine rings is 1. The fourth-order valence-corrected chi connectivity index (χ4v) is 1.44. The van der Waals surface area contributed by atoms with Gasteiger partial charge in [0.15, 0.2) is 0 Å². The average Bonchev–Trinajstić information content (AvgIpc) is 2.14. The molecule has 1 aromatic rings. The third kappa shape index (κ3) is 2.16. The molecule has 2 rings (SSSR count). The smallest absolute Gasteiger partial charge is 0.246 e. The van der Waals surface area contributed by atoms with E-state index in [2.05, 4.69) is 20.3 Å². The van der Waals surface area contributed by atoms with Crippen LogP contribution in [0, 0.1) is 0 Å². The Morgan fingerprint density at radius 1 is 1.19 bits per heavy atom. The molecule has 1 fully saturated rings. The minimum absolute atomic E-state index is 0.0223. The molecule has 16 heavy (non-hydrogen) atoms. The third-order valence-electron chi connectivity index (χ3n) is 1.84. The van der Waals surface area contributed by atoms with Crippen molar-refractivity contribution in [3.05, 3.63) is 5.28 Å². The van der Waals surface area contributed by atoms with Crippen LogP contribution in [0.2, 0.25) is 5.28 Å². The minimum atomic E-state index is -0.425. The van der Waals surface area contributed by atoms with E-state index in [0.717, 1.165) is 0 Å². The Balaban J connectivity index is 2.29. The lowest BCUT2D eigenvalue weighted by atomic mass is 10.3. The number of halogens is 1. The van der Waals surface area contributed by atoms with Crippen LogP contribution in [0.25, 0.3) is 0 Å². The zero-order valence-electron chi connectivity index (χ0n) is 7.97. The summed E-state index contributed by atoms with van der Waals surface area (Å²) in [5.41, 5.74) is 5.38. The van der Waals surface area contributed by atoms with Gasteiger partial charge in [-0.2, -0.15) is 15.0 Å². The average molecular weight is 243 g/mol. The Hall–Kier alpha value is -1.96. The van der Waals surface area contributed by atoms with Gasteiger partial charge in [-0.1, -0.05) is 0 Å². The summed E-state index contributed by atoms with van der Waals surface area (Å²) in [6, 6.07) is 0. The highest BCUT2D eigenvalue weighted by Gasteiger charge is 2.24. The highest BCUT2D eigenvalue weighted by Crippen LogP contribution is 2.12. The summed E-state index contributed by atoms with van der Waals surface area (Å²) in [6.07, 6.45) is 0. The molecule has 0 aliphatic carbocycles. The number of rotatable bonds is 1. The van der Waals surface area contributed by atoms with Crippen molar-refractivity contribution >= 4 is 35.3 Å². The second-order valence-electron chi connectivity index (χ2n) is 3.09. The molecule has 2 amide bonds. The van der Waals surface area contributed by atoms with Crippen LogP contribution in [0.1, 0.15) is 0 Å². The number of carbonyl (C=O) groups excluding carboxylic acids is 2. The zero-order chi connectivity index (χ0) is 11.7. The summed E-state index contributed by atoms with van der Waals surface area (Å²) in [4.78, 5) is 34.8. The summed E-state index contributed by atoms with van der Waals surface area (Å²) in [5.74, 6) is -0.799. The molecular formula is C7H7ClN6O2. The number of hydrogen-bond acceptors (Lipinski definition) is 7. The van der Waals surface area contributed by atoms with Crippen molar-refractivity contribution in [3.63, 3.8) is 0 Å². The van der Waals surface area contributed by atoms with E-state index >= 15 is 0 Å². The lowest BCUT2D eigenvalue weighted by Crippen LogP contribution is -2.52. The number of aromatic nitrogens is 3. The molecule has 1 aromatic heterocycles. The summed E-state index contributed by atoms with van der Waals surface area (Å²) in [5, 5.41) is 2.07. The molecule has 2 heterocycles. The number of carbonyl (C=O) groups is 2. The molecule has 0 unspecified atom stereocenters. The lowest BCUT2D eigenvalue weighted by Gasteiger charge is -2.25. The topological polar surface area (TPSA) is 114 Å². The van der Waals surface area contributed by atoms with E-state index < -0.39 is 11.8 Å². The summed E-state index contributed by atoms with van der Waals surface area (Å²) < 4.78 is 0. The van der Waals surface area contributed by atoms with Gasteiger partial charge in [0.05, 0.1) is 0 Å². The predicted octanol–water partition coefficient (Wildman–Crippen LogP) is -1.43. The standard InChI is InChI=1S/C7H7ClN6O2/c8-5-11-6(9)13-7(12-5)14-1-3(15)10-4(16)2-14/h1-2H2,(H,10,15,16)(H2,9,11,12,13). The van der Waals surface area contributed by atoms with E-state index in [9.17, 15) is 9.59 Å². The van der Waals surface area contributed by atoms with Crippen LogP contribution in [0.3, 0.4) is 0 Å². The van der Waals surface area contributed by atoms with Crippen LogP contribution in [-0.4, -0.2) is 39.9 Å². The first-order chi connectivity index (χ1) is 7.54. The van der Waals surface area contributed by atoms with Gasteiger partial charge in [-0.25, -0.2) is 0 Å². The Morgan fingerprint density at radius 3 is 2.38 bits per heavy atom. The molecule has 1 aliphatic heterocycles. The Bertz CT molecular complexity index is 428. The van der Waals surface area contributed by atoms with E-state index in [-0.39, 0.29) is 30.3 Å². The molecule has 8 nitrogen and oxygen atoms in total. The highest BCUT2D eigenvalue weighted by atomic mass is 35.5. The number of nitrogens with one attached hydrogen (secondary N) is 1. The van der Waals surface area contributed by atoms with Crippen molar-refractivity contribution in [2.45, 2.75) is 0 Å². The lowest BCUT2D eigenvalue weighted by molar-refractivity contribution is -0.130. The van der Waals surface area contributed by atoms with Gasteiger partial charge in [-0.15, -0.1) is 0 Å². The molecule has 84 valence electrons. The molecule has 0 radical (unpaired) electrons. The molecule has 1 saturated heterocycles. The number of nitrogens with zero attached hydrogens (tertiary/aromatic N) is 4. The van der Waals surface area contributed by atoms with Crippen LogP contribution in [0.15, 0.2) is 0 Å².